The van der Waals surface area contributed by atoms with Crippen molar-refractivity contribution < 1.29 is 9.13 Å². The van der Waals surface area contributed by atoms with E-state index in [-0.39, 0.29) is 6.04 Å². The van der Waals surface area contributed by atoms with Gasteiger partial charge in [0, 0.05) is 6.04 Å². The van der Waals surface area contributed by atoms with Gasteiger partial charge in [-0.05, 0) is 25.5 Å². The zero-order chi connectivity index (χ0) is 9.68. The summed E-state index contributed by atoms with van der Waals surface area (Å²) < 4.78 is 17.6. The highest BCUT2D eigenvalue weighted by Crippen LogP contribution is 2.08. The van der Waals surface area contributed by atoms with Crippen molar-refractivity contribution in [3.05, 3.63) is 24.3 Å². The molecule has 13 heavy (non-hydrogen) atoms. The maximum atomic E-state index is 12.4. The average Bonchev–Trinajstić information content (AvgIpc) is 2.08. The third-order valence-corrected chi connectivity index (χ3v) is 1.54. The summed E-state index contributed by atoms with van der Waals surface area (Å²) >= 11 is 0. The number of hydrogen-bond acceptors (Lipinski definition) is 3. The molecule has 0 aromatic carbocycles. The van der Waals surface area contributed by atoms with Gasteiger partial charge < -0.3 is 10.5 Å². The number of halogens is 1. The number of nitrogens with two attached hydrogens (primary N) is 1. The molecule has 1 atom stereocenters. The molecule has 72 valence electrons. The first-order valence-corrected chi connectivity index (χ1v) is 4.18. The average molecular weight is 184 g/mol. The van der Waals surface area contributed by atoms with E-state index in [1.165, 1.54) is 12.3 Å². The molecule has 1 rings (SSSR count). The molecule has 0 radical (unpaired) electrons. The first-order valence-electron chi connectivity index (χ1n) is 4.18. The van der Waals surface area contributed by atoms with E-state index in [0.29, 0.717) is 12.4 Å². The minimum atomic E-state index is -0.500. The number of pyridine rings is 1. The second-order valence-corrected chi connectivity index (χ2v) is 2.93. The number of rotatable bonds is 4. The van der Waals surface area contributed by atoms with E-state index in [1.807, 2.05) is 6.92 Å². The molecule has 0 aliphatic rings. The molecule has 1 heterocycles. The second-order valence-electron chi connectivity index (χ2n) is 2.93. The number of aromatic nitrogens is 1. The molecule has 0 saturated carbocycles. The highest BCUT2D eigenvalue weighted by molar-refractivity contribution is 5.15. The van der Waals surface area contributed by atoms with Gasteiger partial charge in [0.15, 0.2) is 0 Å². The molecular weight excluding hydrogens is 171 g/mol. The zero-order valence-corrected chi connectivity index (χ0v) is 7.53. The van der Waals surface area contributed by atoms with Crippen LogP contribution in [-0.4, -0.2) is 17.6 Å². The Morgan fingerprint density at radius 1 is 1.62 bits per heavy atom. The lowest BCUT2D eigenvalue weighted by molar-refractivity contribution is 0.299. The van der Waals surface area contributed by atoms with Gasteiger partial charge >= 0.3 is 0 Å². The van der Waals surface area contributed by atoms with E-state index >= 15 is 0 Å². The van der Waals surface area contributed by atoms with Gasteiger partial charge in [0.2, 0.25) is 5.95 Å². The lowest BCUT2D eigenvalue weighted by Crippen LogP contribution is -2.18. The predicted molar refractivity (Wildman–Crippen MR) is 48.0 cm³/mol. The van der Waals surface area contributed by atoms with Crippen LogP contribution in [-0.2, 0) is 0 Å². The Bertz CT molecular complexity index is 248. The van der Waals surface area contributed by atoms with Gasteiger partial charge in [-0.3, -0.25) is 0 Å². The maximum Gasteiger partial charge on any atom is 0.213 e. The van der Waals surface area contributed by atoms with Crippen molar-refractivity contribution in [3.63, 3.8) is 0 Å². The maximum absolute atomic E-state index is 12.4. The molecular formula is C9H13FN2O. The molecule has 1 aromatic rings. The van der Waals surface area contributed by atoms with Crippen LogP contribution in [0.2, 0.25) is 0 Å². The van der Waals surface area contributed by atoms with Gasteiger partial charge in [-0.2, -0.15) is 4.39 Å². The Morgan fingerprint density at radius 2 is 2.38 bits per heavy atom. The second kappa shape index (κ2) is 4.77. The van der Waals surface area contributed by atoms with Crippen molar-refractivity contribution in [2.75, 3.05) is 6.61 Å². The molecule has 0 aliphatic carbocycles. The Balaban J connectivity index is 2.33. The van der Waals surface area contributed by atoms with E-state index in [2.05, 4.69) is 4.98 Å². The van der Waals surface area contributed by atoms with E-state index in [0.717, 1.165) is 6.42 Å². The fourth-order valence-corrected chi connectivity index (χ4v) is 0.810. The molecule has 0 spiro atoms. The van der Waals surface area contributed by atoms with Crippen molar-refractivity contribution in [2.24, 2.45) is 5.73 Å². The Kier molecular flexibility index (Phi) is 3.64. The SMILES string of the molecule is CC(N)CCOc1ccc(F)nc1. The number of hydrogen-bond donors (Lipinski definition) is 1. The van der Waals surface area contributed by atoms with Crippen LogP contribution in [0.3, 0.4) is 0 Å². The standard InChI is InChI=1S/C9H13FN2O/c1-7(11)4-5-13-8-2-3-9(10)12-6-8/h2-3,6-7H,4-5,11H2,1H3. The van der Waals surface area contributed by atoms with E-state index in [4.69, 9.17) is 10.5 Å². The minimum Gasteiger partial charge on any atom is -0.492 e. The van der Waals surface area contributed by atoms with Crippen LogP contribution in [0, 0.1) is 5.95 Å². The largest absolute Gasteiger partial charge is 0.492 e. The predicted octanol–water partition coefficient (Wildman–Crippen LogP) is 1.34. The summed E-state index contributed by atoms with van der Waals surface area (Å²) in [6.07, 6.45) is 2.13. The molecule has 0 bridgehead atoms. The summed E-state index contributed by atoms with van der Waals surface area (Å²) in [5, 5.41) is 0. The van der Waals surface area contributed by atoms with Gasteiger partial charge in [-0.25, -0.2) is 4.98 Å². The van der Waals surface area contributed by atoms with E-state index in [1.54, 1.807) is 6.07 Å². The Labute approximate surface area is 76.7 Å². The molecule has 2 N–H and O–H groups in total. The van der Waals surface area contributed by atoms with Crippen molar-refractivity contribution >= 4 is 0 Å². The van der Waals surface area contributed by atoms with Gasteiger partial charge in [-0.1, -0.05) is 0 Å². The minimum absolute atomic E-state index is 0.119. The Morgan fingerprint density at radius 3 is 2.92 bits per heavy atom. The Hall–Kier alpha value is -1.16. The highest BCUT2D eigenvalue weighted by Gasteiger charge is 1.97. The molecule has 1 aromatic heterocycles. The number of ether oxygens (including phenoxy) is 1. The molecule has 0 saturated heterocycles. The van der Waals surface area contributed by atoms with Gasteiger partial charge in [-0.15, -0.1) is 0 Å². The van der Waals surface area contributed by atoms with Crippen LogP contribution in [0.1, 0.15) is 13.3 Å². The third-order valence-electron chi connectivity index (χ3n) is 1.54. The van der Waals surface area contributed by atoms with E-state index in [9.17, 15) is 4.39 Å². The lowest BCUT2D eigenvalue weighted by atomic mass is 10.3. The van der Waals surface area contributed by atoms with Crippen molar-refractivity contribution in [1.29, 1.82) is 0 Å². The summed E-state index contributed by atoms with van der Waals surface area (Å²) in [6.45, 7) is 2.44. The van der Waals surface area contributed by atoms with Crippen LogP contribution in [0.4, 0.5) is 4.39 Å². The van der Waals surface area contributed by atoms with Crippen LogP contribution < -0.4 is 10.5 Å². The summed E-state index contributed by atoms with van der Waals surface area (Å²) in [6, 6.07) is 2.93. The monoisotopic (exact) mass is 184 g/mol. The quantitative estimate of drug-likeness (QED) is 0.718. The fraction of sp³-hybridized carbons (Fsp3) is 0.444. The molecule has 3 nitrogen and oxygen atoms in total. The summed E-state index contributed by atoms with van der Waals surface area (Å²) in [4.78, 5) is 3.45. The fourth-order valence-electron chi connectivity index (χ4n) is 0.810. The summed E-state index contributed by atoms with van der Waals surface area (Å²) in [5.41, 5.74) is 5.53. The van der Waals surface area contributed by atoms with Crippen molar-refractivity contribution in [1.82, 2.24) is 4.98 Å². The van der Waals surface area contributed by atoms with E-state index < -0.39 is 5.95 Å². The van der Waals surface area contributed by atoms with Crippen LogP contribution in [0.5, 0.6) is 5.75 Å². The number of nitrogens with zero attached hydrogens (tertiary/aromatic N) is 1. The van der Waals surface area contributed by atoms with Crippen molar-refractivity contribution in [3.8, 4) is 5.75 Å². The molecule has 0 fully saturated rings. The van der Waals surface area contributed by atoms with Gasteiger partial charge in [0.25, 0.3) is 0 Å². The van der Waals surface area contributed by atoms with Gasteiger partial charge in [0.05, 0.1) is 12.8 Å². The molecule has 4 heteroatoms. The zero-order valence-electron chi connectivity index (χ0n) is 7.53. The molecule has 0 aliphatic heterocycles. The van der Waals surface area contributed by atoms with Crippen LogP contribution in [0.15, 0.2) is 18.3 Å². The van der Waals surface area contributed by atoms with Gasteiger partial charge in [0.1, 0.15) is 5.75 Å². The normalized spacial score (nSPS) is 12.5. The molecule has 0 amide bonds. The third kappa shape index (κ3) is 3.85. The smallest absolute Gasteiger partial charge is 0.213 e. The lowest BCUT2D eigenvalue weighted by Gasteiger charge is -2.06. The summed E-state index contributed by atoms with van der Waals surface area (Å²) in [5.74, 6) is 0.0709. The molecule has 1 unspecified atom stereocenters. The first-order chi connectivity index (χ1) is 6.18. The highest BCUT2D eigenvalue weighted by atomic mass is 19.1. The van der Waals surface area contributed by atoms with Crippen LogP contribution >= 0.6 is 0 Å². The van der Waals surface area contributed by atoms with Crippen LogP contribution in [0.25, 0.3) is 0 Å². The first kappa shape index (κ1) is 9.92. The summed E-state index contributed by atoms with van der Waals surface area (Å²) in [7, 11) is 0. The van der Waals surface area contributed by atoms with Crippen molar-refractivity contribution in [2.45, 2.75) is 19.4 Å². The topological polar surface area (TPSA) is 48.1 Å².